The molecule has 6 heteroatoms. The maximum Gasteiger partial charge on any atom is 0.337 e. The first-order valence-electron chi connectivity index (χ1n) is 9.37. The van der Waals surface area contributed by atoms with E-state index in [2.05, 4.69) is 4.90 Å². The van der Waals surface area contributed by atoms with Crippen LogP contribution in [0.1, 0.15) is 23.2 Å². The summed E-state index contributed by atoms with van der Waals surface area (Å²) in [6, 6.07) is 15.2. The molecule has 2 aromatic carbocycles. The molecule has 0 bridgehead atoms. The van der Waals surface area contributed by atoms with E-state index in [0.29, 0.717) is 22.4 Å². The first-order valence-corrected chi connectivity index (χ1v) is 9.37. The van der Waals surface area contributed by atoms with Crippen molar-refractivity contribution in [1.82, 2.24) is 9.97 Å². The highest BCUT2D eigenvalue weighted by atomic mass is 16.5. The number of rotatable bonds is 3. The van der Waals surface area contributed by atoms with Gasteiger partial charge in [-0.05, 0) is 43.2 Å². The highest BCUT2D eigenvalue weighted by Crippen LogP contribution is 2.35. The zero-order valence-corrected chi connectivity index (χ0v) is 15.5. The molecule has 3 heterocycles. The van der Waals surface area contributed by atoms with Gasteiger partial charge in [0.15, 0.2) is 11.6 Å². The van der Waals surface area contributed by atoms with Crippen LogP contribution in [0.3, 0.4) is 0 Å². The van der Waals surface area contributed by atoms with Crippen LogP contribution >= 0.6 is 0 Å². The SMILES string of the molecule is COC(=O)c1ccc2nc(-c3cc4ccccc4o3)c(N3CCCC3)nc2c1. The Morgan fingerprint density at radius 2 is 1.86 bits per heavy atom. The van der Waals surface area contributed by atoms with Crippen LogP contribution in [-0.2, 0) is 4.74 Å². The largest absolute Gasteiger partial charge is 0.465 e. The number of furan rings is 1. The molecule has 0 aliphatic carbocycles. The number of hydrogen-bond donors (Lipinski definition) is 0. The van der Waals surface area contributed by atoms with Crippen molar-refractivity contribution < 1.29 is 13.9 Å². The van der Waals surface area contributed by atoms with Crippen molar-refractivity contribution in [3.63, 3.8) is 0 Å². The summed E-state index contributed by atoms with van der Waals surface area (Å²) >= 11 is 0. The normalized spacial score (nSPS) is 14.1. The van der Waals surface area contributed by atoms with Crippen molar-refractivity contribution in [3.8, 4) is 11.5 Å². The molecule has 0 atom stereocenters. The van der Waals surface area contributed by atoms with Crippen molar-refractivity contribution in [3.05, 3.63) is 54.1 Å². The van der Waals surface area contributed by atoms with Crippen LogP contribution in [0.5, 0.6) is 0 Å². The Balaban J connectivity index is 1.71. The van der Waals surface area contributed by atoms with E-state index < -0.39 is 0 Å². The number of anilines is 1. The second-order valence-corrected chi connectivity index (χ2v) is 6.93. The van der Waals surface area contributed by atoms with E-state index in [9.17, 15) is 4.79 Å². The lowest BCUT2D eigenvalue weighted by atomic mass is 10.1. The van der Waals surface area contributed by atoms with E-state index in [1.807, 2.05) is 30.3 Å². The number of carbonyl (C=O) groups excluding carboxylic acids is 1. The average molecular weight is 373 g/mol. The Hall–Kier alpha value is -3.41. The zero-order chi connectivity index (χ0) is 19.1. The van der Waals surface area contributed by atoms with Crippen molar-refractivity contribution in [2.45, 2.75) is 12.8 Å². The van der Waals surface area contributed by atoms with Gasteiger partial charge >= 0.3 is 5.97 Å². The number of esters is 1. The molecule has 0 amide bonds. The summed E-state index contributed by atoms with van der Waals surface area (Å²) < 4.78 is 10.9. The second-order valence-electron chi connectivity index (χ2n) is 6.93. The molecule has 5 rings (SSSR count). The van der Waals surface area contributed by atoms with E-state index in [0.717, 1.165) is 48.4 Å². The van der Waals surface area contributed by atoms with Crippen LogP contribution in [-0.4, -0.2) is 36.1 Å². The minimum Gasteiger partial charge on any atom is -0.465 e. The maximum atomic E-state index is 11.9. The number of para-hydroxylation sites is 1. The highest BCUT2D eigenvalue weighted by molar-refractivity contribution is 5.94. The van der Waals surface area contributed by atoms with Gasteiger partial charge < -0.3 is 14.1 Å². The molecule has 140 valence electrons. The Bertz CT molecular complexity index is 1160. The first kappa shape index (κ1) is 16.7. The van der Waals surface area contributed by atoms with Crippen LogP contribution in [0.15, 0.2) is 52.9 Å². The van der Waals surface area contributed by atoms with E-state index in [4.69, 9.17) is 19.1 Å². The predicted octanol–water partition coefficient (Wildman–Crippen LogP) is 4.43. The lowest BCUT2D eigenvalue weighted by Crippen LogP contribution is -2.20. The van der Waals surface area contributed by atoms with Gasteiger partial charge in [-0.1, -0.05) is 18.2 Å². The smallest absolute Gasteiger partial charge is 0.337 e. The molecule has 0 unspecified atom stereocenters. The van der Waals surface area contributed by atoms with Gasteiger partial charge in [0.25, 0.3) is 0 Å². The van der Waals surface area contributed by atoms with Crippen molar-refractivity contribution in [1.29, 1.82) is 0 Å². The van der Waals surface area contributed by atoms with Gasteiger partial charge in [-0.15, -0.1) is 0 Å². The molecule has 1 aliphatic heterocycles. The fourth-order valence-corrected chi connectivity index (χ4v) is 3.70. The third-order valence-electron chi connectivity index (χ3n) is 5.13. The minimum atomic E-state index is -0.382. The summed E-state index contributed by atoms with van der Waals surface area (Å²) in [5, 5.41) is 1.04. The van der Waals surface area contributed by atoms with Crippen LogP contribution in [0.25, 0.3) is 33.5 Å². The van der Waals surface area contributed by atoms with Crippen molar-refractivity contribution in [2.24, 2.45) is 0 Å². The standard InChI is InChI=1S/C22H19N3O3/c1-27-22(26)15-8-9-16-17(12-15)24-21(25-10-4-5-11-25)20(23-16)19-13-14-6-2-3-7-18(14)28-19/h2-3,6-9,12-13H,4-5,10-11H2,1H3. The molecule has 2 aromatic heterocycles. The van der Waals surface area contributed by atoms with Crippen molar-refractivity contribution in [2.75, 3.05) is 25.1 Å². The van der Waals surface area contributed by atoms with Crippen LogP contribution in [0.2, 0.25) is 0 Å². The summed E-state index contributed by atoms with van der Waals surface area (Å²) in [7, 11) is 1.37. The van der Waals surface area contributed by atoms with E-state index in [1.165, 1.54) is 7.11 Å². The number of methoxy groups -OCH3 is 1. The number of nitrogens with zero attached hydrogens (tertiary/aromatic N) is 3. The Morgan fingerprint density at radius 1 is 1.04 bits per heavy atom. The summed E-state index contributed by atoms with van der Waals surface area (Å²) in [5.41, 5.74) is 3.41. The third kappa shape index (κ3) is 2.78. The number of hydrogen-bond acceptors (Lipinski definition) is 6. The summed E-state index contributed by atoms with van der Waals surface area (Å²) in [5.74, 6) is 1.12. The topological polar surface area (TPSA) is 68.5 Å². The van der Waals surface area contributed by atoms with E-state index in [1.54, 1.807) is 18.2 Å². The van der Waals surface area contributed by atoms with Gasteiger partial charge in [-0.3, -0.25) is 0 Å². The minimum absolute atomic E-state index is 0.382. The van der Waals surface area contributed by atoms with Gasteiger partial charge in [0.1, 0.15) is 11.3 Å². The number of carbonyl (C=O) groups is 1. The molecule has 28 heavy (non-hydrogen) atoms. The van der Waals surface area contributed by atoms with Gasteiger partial charge in [0.2, 0.25) is 0 Å². The molecular formula is C22H19N3O3. The van der Waals surface area contributed by atoms with Gasteiger partial charge in [0.05, 0.1) is 23.7 Å². The van der Waals surface area contributed by atoms with Crippen LogP contribution in [0, 0.1) is 0 Å². The first-order chi connectivity index (χ1) is 13.7. The number of ether oxygens (including phenoxy) is 1. The van der Waals surface area contributed by atoms with Crippen LogP contribution < -0.4 is 4.90 Å². The molecule has 0 saturated carbocycles. The molecule has 0 spiro atoms. The maximum absolute atomic E-state index is 11.9. The second kappa shape index (κ2) is 6.64. The number of benzene rings is 2. The average Bonchev–Trinajstić information content (AvgIpc) is 3.41. The molecule has 4 aromatic rings. The Labute approximate surface area is 161 Å². The summed E-state index contributed by atoms with van der Waals surface area (Å²) in [6.45, 7) is 1.87. The predicted molar refractivity (Wildman–Crippen MR) is 108 cm³/mol. The molecule has 0 N–H and O–H groups in total. The number of fused-ring (bicyclic) bond motifs is 2. The molecule has 6 nitrogen and oxygen atoms in total. The summed E-state index contributed by atoms with van der Waals surface area (Å²) in [6.07, 6.45) is 2.25. The van der Waals surface area contributed by atoms with Crippen molar-refractivity contribution >= 4 is 33.8 Å². The van der Waals surface area contributed by atoms with E-state index in [-0.39, 0.29) is 5.97 Å². The molecular weight excluding hydrogens is 354 g/mol. The molecule has 1 saturated heterocycles. The fraction of sp³-hybridized carbons (Fsp3) is 0.227. The highest BCUT2D eigenvalue weighted by Gasteiger charge is 2.23. The Morgan fingerprint density at radius 3 is 2.64 bits per heavy atom. The monoisotopic (exact) mass is 373 g/mol. The number of aromatic nitrogens is 2. The molecule has 0 radical (unpaired) electrons. The zero-order valence-electron chi connectivity index (χ0n) is 15.5. The van der Waals surface area contributed by atoms with Crippen LogP contribution in [0.4, 0.5) is 5.82 Å². The van der Waals surface area contributed by atoms with E-state index >= 15 is 0 Å². The molecule has 1 fully saturated rings. The molecule has 1 aliphatic rings. The Kier molecular flexibility index (Phi) is 3.97. The summed E-state index contributed by atoms with van der Waals surface area (Å²) in [4.78, 5) is 23.9. The van der Waals surface area contributed by atoms with Gasteiger partial charge in [-0.2, -0.15) is 0 Å². The van der Waals surface area contributed by atoms with Gasteiger partial charge in [0, 0.05) is 18.5 Å². The van der Waals surface area contributed by atoms with Gasteiger partial charge in [-0.25, -0.2) is 14.8 Å². The third-order valence-corrected chi connectivity index (χ3v) is 5.13. The fourth-order valence-electron chi connectivity index (χ4n) is 3.70. The quantitative estimate of drug-likeness (QED) is 0.495. The lowest BCUT2D eigenvalue weighted by molar-refractivity contribution is 0.0601. The lowest BCUT2D eigenvalue weighted by Gasteiger charge is -2.19.